The molecular formula is C14H23N3O2. The van der Waals surface area contributed by atoms with Gasteiger partial charge >= 0.3 is 6.01 Å². The third kappa shape index (κ3) is 3.80. The summed E-state index contributed by atoms with van der Waals surface area (Å²) in [5, 5.41) is 0. The maximum atomic E-state index is 5.90. The molecule has 19 heavy (non-hydrogen) atoms. The van der Waals surface area contributed by atoms with Gasteiger partial charge in [0.25, 0.3) is 0 Å². The lowest BCUT2D eigenvalue weighted by molar-refractivity contribution is 0.144. The predicted octanol–water partition coefficient (Wildman–Crippen LogP) is 2.08. The van der Waals surface area contributed by atoms with Gasteiger partial charge in [-0.3, -0.25) is 0 Å². The first kappa shape index (κ1) is 14.1. The van der Waals surface area contributed by atoms with Crippen molar-refractivity contribution in [1.82, 2.24) is 9.97 Å². The highest BCUT2D eigenvalue weighted by Gasteiger charge is 2.28. The largest absolute Gasteiger partial charge is 0.475 e. The number of rotatable bonds is 5. The predicted molar refractivity (Wildman–Crippen MR) is 73.3 cm³/mol. The molecule has 1 saturated carbocycles. The Balaban J connectivity index is 2.09. The SMILES string of the molecule is Cc1cc(OC(C)C)nc(OC2CCCC2CN)n1. The topological polar surface area (TPSA) is 70.3 Å². The zero-order chi connectivity index (χ0) is 13.8. The van der Waals surface area contributed by atoms with Crippen LogP contribution < -0.4 is 15.2 Å². The molecule has 0 amide bonds. The number of nitrogens with two attached hydrogens (primary N) is 1. The van der Waals surface area contributed by atoms with Gasteiger partial charge < -0.3 is 15.2 Å². The molecule has 2 unspecified atom stereocenters. The second kappa shape index (κ2) is 6.19. The summed E-state index contributed by atoms with van der Waals surface area (Å²) in [6, 6.07) is 2.23. The first-order valence-electron chi connectivity index (χ1n) is 6.97. The van der Waals surface area contributed by atoms with E-state index in [0.717, 1.165) is 25.0 Å². The van der Waals surface area contributed by atoms with Crippen molar-refractivity contribution >= 4 is 0 Å². The summed E-state index contributed by atoms with van der Waals surface area (Å²) in [7, 11) is 0. The first-order chi connectivity index (χ1) is 9.08. The zero-order valence-electron chi connectivity index (χ0n) is 11.9. The van der Waals surface area contributed by atoms with Gasteiger partial charge in [-0.25, -0.2) is 4.98 Å². The number of ether oxygens (including phenoxy) is 2. The molecule has 5 heteroatoms. The minimum absolute atomic E-state index is 0.0884. The molecule has 1 aromatic heterocycles. The van der Waals surface area contributed by atoms with Gasteiger partial charge in [-0.1, -0.05) is 0 Å². The van der Waals surface area contributed by atoms with Crippen LogP contribution >= 0.6 is 0 Å². The normalized spacial score (nSPS) is 22.8. The Morgan fingerprint density at radius 2 is 2.16 bits per heavy atom. The van der Waals surface area contributed by atoms with E-state index < -0.39 is 0 Å². The lowest BCUT2D eigenvalue weighted by Gasteiger charge is -2.19. The van der Waals surface area contributed by atoms with Gasteiger partial charge in [0.05, 0.1) is 6.10 Å². The van der Waals surface area contributed by atoms with Crippen LogP contribution in [-0.2, 0) is 0 Å². The van der Waals surface area contributed by atoms with Crippen molar-refractivity contribution in [3.8, 4) is 11.9 Å². The molecule has 1 fully saturated rings. The van der Waals surface area contributed by atoms with Crippen LogP contribution in [0.2, 0.25) is 0 Å². The average molecular weight is 265 g/mol. The summed E-state index contributed by atoms with van der Waals surface area (Å²) in [4.78, 5) is 8.63. The molecule has 0 aromatic carbocycles. The minimum atomic E-state index is 0.0884. The highest BCUT2D eigenvalue weighted by atomic mass is 16.5. The van der Waals surface area contributed by atoms with Crippen LogP contribution in [0, 0.1) is 12.8 Å². The Morgan fingerprint density at radius 1 is 1.37 bits per heavy atom. The van der Waals surface area contributed by atoms with E-state index in [1.807, 2.05) is 26.8 Å². The van der Waals surface area contributed by atoms with Crippen molar-refractivity contribution in [2.24, 2.45) is 11.7 Å². The molecule has 2 N–H and O–H groups in total. The van der Waals surface area contributed by atoms with Crippen molar-refractivity contribution in [3.05, 3.63) is 11.8 Å². The van der Waals surface area contributed by atoms with Crippen molar-refractivity contribution < 1.29 is 9.47 Å². The van der Waals surface area contributed by atoms with Crippen molar-refractivity contribution in [2.45, 2.75) is 52.2 Å². The molecule has 1 aliphatic carbocycles. The summed E-state index contributed by atoms with van der Waals surface area (Å²) >= 11 is 0. The smallest absolute Gasteiger partial charge is 0.320 e. The molecule has 0 saturated heterocycles. The Labute approximate surface area is 114 Å². The summed E-state index contributed by atoms with van der Waals surface area (Å²) in [5.41, 5.74) is 6.61. The fourth-order valence-electron chi connectivity index (χ4n) is 2.43. The van der Waals surface area contributed by atoms with E-state index in [1.54, 1.807) is 0 Å². The van der Waals surface area contributed by atoms with Gasteiger partial charge in [0.2, 0.25) is 5.88 Å². The molecule has 1 heterocycles. The summed E-state index contributed by atoms with van der Waals surface area (Å²) in [6.45, 7) is 6.52. The maximum absolute atomic E-state index is 5.90. The molecule has 2 atom stereocenters. The average Bonchev–Trinajstić information content (AvgIpc) is 2.74. The number of aryl methyl sites for hydroxylation is 1. The van der Waals surface area contributed by atoms with Crippen LogP contribution in [-0.4, -0.2) is 28.7 Å². The zero-order valence-corrected chi connectivity index (χ0v) is 11.9. The van der Waals surface area contributed by atoms with Crippen LogP contribution in [0.4, 0.5) is 0 Å². The highest BCUT2D eigenvalue weighted by Crippen LogP contribution is 2.28. The van der Waals surface area contributed by atoms with Gasteiger partial charge in [0.15, 0.2) is 0 Å². The summed E-state index contributed by atoms with van der Waals surface area (Å²) < 4.78 is 11.5. The molecule has 2 rings (SSSR count). The fourth-order valence-corrected chi connectivity index (χ4v) is 2.43. The minimum Gasteiger partial charge on any atom is -0.475 e. The number of nitrogens with zero attached hydrogens (tertiary/aromatic N) is 2. The molecular weight excluding hydrogens is 242 g/mol. The Morgan fingerprint density at radius 3 is 2.84 bits per heavy atom. The molecule has 0 bridgehead atoms. The van der Waals surface area contributed by atoms with E-state index in [4.69, 9.17) is 15.2 Å². The number of aromatic nitrogens is 2. The fraction of sp³-hybridized carbons (Fsp3) is 0.714. The number of hydrogen-bond acceptors (Lipinski definition) is 5. The van der Waals surface area contributed by atoms with Crippen LogP contribution in [0.5, 0.6) is 11.9 Å². The van der Waals surface area contributed by atoms with Crippen LogP contribution in [0.3, 0.4) is 0 Å². The Bertz CT molecular complexity index is 423. The van der Waals surface area contributed by atoms with E-state index in [1.165, 1.54) is 0 Å². The third-order valence-electron chi connectivity index (χ3n) is 3.32. The van der Waals surface area contributed by atoms with Crippen molar-refractivity contribution in [2.75, 3.05) is 6.54 Å². The standard InChI is InChI=1S/C14H23N3O2/c1-9(2)18-13-7-10(3)16-14(17-13)19-12-6-4-5-11(12)8-15/h7,9,11-12H,4-6,8,15H2,1-3H3. The summed E-state index contributed by atoms with van der Waals surface area (Å²) in [6.07, 6.45) is 3.54. The van der Waals surface area contributed by atoms with Gasteiger partial charge in [-0.15, -0.1) is 0 Å². The molecule has 5 nitrogen and oxygen atoms in total. The van der Waals surface area contributed by atoms with Gasteiger partial charge in [0, 0.05) is 17.7 Å². The van der Waals surface area contributed by atoms with E-state index >= 15 is 0 Å². The third-order valence-corrected chi connectivity index (χ3v) is 3.32. The second-order valence-electron chi connectivity index (χ2n) is 5.38. The Hall–Kier alpha value is -1.36. The van der Waals surface area contributed by atoms with Gasteiger partial charge in [-0.05, 0) is 46.6 Å². The molecule has 106 valence electrons. The van der Waals surface area contributed by atoms with E-state index in [9.17, 15) is 0 Å². The summed E-state index contributed by atoms with van der Waals surface area (Å²) in [5.74, 6) is 0.985. The molecule has 1 aromatic rings. The molecule has 0 radical (unpaired) electrons. The van der Waals surface area contributed by atoms with Crippen LogP contribution in [0.1, 0.15) is 38.8 Å². The van der Waals surface area contributed by atoms with Gasteiger partial charge in [0.1, 0.15) is 6.10 Å². The first-order valence-corrected chi connectivity index (χ1v) is 6.97. The van der Waals surface area contributed by atoms with Crippen molar-refractivity contribution in [3.63, 3.8) is 0 Å². The van der Waals surface area contributed by atoms with E-state index in [2.05, 4.69) is 9.97 Å². The monoisotopic (exact) mass is 265 g/mol. The van der Waals surface area contributed by atoms with Crippen LogP contribution in [0.15, 0.2) is 6.07 Å². The van der Waals surface area contributed by atoms with Gasteiger partial charge in [-0.2, -0.15) is 4.98 Å². The van der Waals surface area contributed by atoms with Crippen LogP contribution in [0.25, 0.3) is 0 Å². The lowest BCUT2D eigenvalue weighted by Crippen LogP contribution is -2.28. The maximum Gasteiger partial charge on any atom is 0.320 e. The molecule has 0 aliphatic heterocycles. The van der Waals surface area contributed by atoms with E-state index in [0.29, 0.717) is 24.4 Å². The number of hydrogen-bond donors (Lipinski definition) is 1. The second-order valence-corrected chi connectivity index (χ2v) is 5.38. The molecule has 1 aliphatic rings. The van der Waals surface area contributed by atoms with E-state index in [-0.39, 0.29) is 12.2 Å². The molecule has 0 spiro atoms. The quantitative estimate of drug-likeness (QED) is 0.882. The van der Waals surface area contributed by atoms with Crippen molar-refractivity contribution in [1.29, 1.82) is 0 Å². The lowest BCUT2D eigenvalue weighted by atomic mass is 10.1. The Kier molecular flexibility index (Phi) is 4.58. The highest BCUT2D eigenvalue weighted by molar-refractivity contribution is 5.18.